The van der Waals surface area contributed by atoms with Crippen molar-refractivity contribution < 1.29 is 4.79 Å². The summed E-state index contributed by atoms with van der Waals surface area (Å²) in [6.07, 6.45) is 0.960. The average molecular weight is 353 g/mol. The Morgan fingerprint density at radius 1 is 1.30 bits per heavy atom. The normalized spacial score (nSPS) is 12.2. The Bertz CT molecular complexity index is 657. The van der Waals surface area contributed by atoms with Crippen LogP contribution in [0.15, 0.2) is 29.4 Å². The number of carbonyl (C=O) groups is 1. The Kier molecular flexibility index (Phi) is 6.47. The molecular formula is C16H21ClN4OS. The predicted molar refractivity (Wildman–Crippen MR) is 94.8 cm³/mol. The van der Waals surface area contributed by atoms with Gasteiger partial charge in [0.25, 0.3) is 0 Å². The highest BCUT2D eigenvalue weighted by atomic mass is 35.5. The largest absolute Gasteiger partial charge is 0.355 e. The van der Waals surface area contributed by atoms with E-state index < -0.39 is 0 Å². The van der Waals surface area contributed by atoms with E-state index in [4.69, 9.17) is 11.6 Å². The van der Waals surface area contributed by atoms with Gasteiger partial charge in [-0.25, -0.2) is 0 Å². The van der Waals surface area contributed by atoms with Crippen molar-refractivity contribution in [1.82, 2.24) is 20.1 Å². The molecule has 0 radical (unpaired) electrons. The molecule has 5 nitrogen and oxygen atoms in total. The summed E-state index contributed by atoms with van der Waals surface area (Å²) in [5.74, 6) is 0.811. The monoisotopic (exact) mass is 352 g/mol. The molecule has 1 amide bonds. The molecule has 0 fully saturated rings. The summed E-state index contributed by atoms with van der Waals surface area (Å²) in [4.78, 5) is 11.9. The number of nitrogens with one attached hydrogen (secondary N) is 1. The van der Waals surface area contributed by atoms with Gasteiger partial charge in [0.15, 0.2) is 11.0 Å². The fourth-order valence-corrected chi connectivity index (χ4v) is 3.17. The van der Waals surface area contributed by atoms with Crippen LogP contribution in [0.5, 0.6) is 0 Å². The molecular weight excluding hydrogens is 332 g/mol. The van der Waals surface area contributed by atoms with Crippen LogP contribution in [0.3, 0.4) is 0 Å². The third kappa shape index (κ3) is 4.48. The topological polar surface area (TPSA) is 59.8 Å². The Morgan fingerprint density at radius 3 is 2.61 bits per heavy atom. The molecule has 1 heterocycles. The molecule has 0 bridgehead atoms. The number of amides is 1. The maximum atomic E-state index is 11.9. The number of carbonyl (C=O) groups excluding carboxylic acids is 1. The van der Waals surface area contributed by atoms with Gasteiger partial charge in [-0.15, -0.1) is 10.2 Å². The lowest BCUT2D eigenvalue weighted by molar-refractivity contribution is -0.120. The molecule has 0 saturated heterocycles. The summed E-state index contributed by atoms with van der Waals surface area (Å²) in [7, 11) is 0. The van der Waals surface area contributed by atoms with E-state index in [1.807, 2.05) is 38.1 Å². The van der Waals surface area contributed by atoms with Gasteiger partial charge in [-0.1, -0.05) is 30.3 Å². The van der Waals surface area contributed by atoms with Gasteiger partial charge >= 0.3 is 0 Å². The molecule has 23 heavy (non-hydrogen) atoms. The second-order valence-electron chi connectivity index (χ2n) is 5.12. The van der Waals surface area contributed by atoms with Crippen molar-refractivity contribution in [2.24, 2.45) is 0 Å². The van der Waals surface area contributed by atoms with Crippen molar-refractivity contribution in [2.75, 3.05) is 6.54 Å². The van der Waals surface area contributed by atoms with Crippen molar-refractivity contribution in [3.05, 3.63) is 29.3 Å². The van der Waals surface area contributed by atoms with Gasteiger partial charge < -0.3 is 9.88 Å². The molecule has 1 N–H and O–H groups in total. The van der Waals surface area contributed by atoms with E-state index in [1.165, 1.54) is 11.8 Å². The molecule has 0 aliphatic carbocycles. The number of hydrogen-bond donors (Lipinski definition) is 1. The van der Waals surface area contributed by atoms with E-state index >= 15 is 0 Å². The minimum Gasteiger partial charge on any atom is -0.355 e. The van der Waals surface area contributed by atoms with E-state index in [2.05, 4.69) is 27.0 Å². The summed E-state index contributed by atoms with van der Waals surface area (Å²) in [5.41, 5.74) is 0.966. The first-order valence-corrected chi connectivity index (χ1v) is 8.96. The number of thioether (sulfide) groups is 1. The van der Waals surface area contributed by atoms with E-state index in [-0.39, 0.29) is 11.2 Å². The number of benzene rings is 1. The summed E-state index contributed by atoms with van der Waals surface area (Å²) in [5, 5.41) is 12.7. The minimum atomic E-state index is -0.215. The Morgan fingerprint density at radius 2 is 2.00 bits per heavy atom. The number of rotatable bonds is 7. The van der Waals surface area contributed by atoms with E-state index in [9.17, 15) is 4.79 Å². The quantitative estimate of drug-likeness (QED) is 0.773. The Labute approximate surface area is 145 Å². The number of aromatic nitrogens is 3. The molecule has 1 aromatic heterocycles. The lowest BCUT2D eigenvalue weighted by Crippen LogP contribution is -2.30. The Balaban J connectivity index is 2.27. The van der Waals surface area contributed by atoms with Crippen LogP contribution in [0.4, 0.5) is 0 Å². The highest BCUT2D eigenvalue weighted by molar-refractivity contribution is 8.00. The van der Waals surface area contributed by atoms with Gasteiger partial charge in [0, 0.05) is 23.7 Å². The van der Waals surface area contributed by atoms with Crippen molar-refractivity contribution in [3.63, 3.8) is 0 Å². The minimum absolute atomic E-state index is 0.0107. The van der Waals surface area contributed by atoms with Crippen LogP contribution in [-0.2, 0) is 11.3 Å². The molecule has 1 atom stereocenters. The van der Waals surface area contributed by atoms with Crippen LogP contribution in [0.1, 0.15) is 27.2 Å². The van der Waals surface area contributed by atoms with Gasteiger partial charge in [-0.3, -0.25) is 4.79 Å². The second-order valence-corrected chi connectivity index (χ2v) is 6.86. The molecule has 0 aliphatic heterocycles. The lowest BCUT2D eigenvalue weighted by Gasteiger charge is -2.12. The summed E-state index contributed by atoms with van der Waals surface area (Å²) < 4.78 is 2.06. The average Bonchev–Trinajstić information content (AvgIpc) is 2.91. The molecule has 0 aliphatic rings. The van der Waals surface area contributed by atoms with Gasteiger partial charge in [0.05, 0.1) is 5.25 Å². The third-order valence-corrected chi connectivity index (χ3v) is 4.60. The van der Waals surface area contributed by atoms with E-state index in [0.717, 1.165) is 29.5 Å². The van der Waals surface area contributed by atoms with Crippen LogP contribution >= 0.6 is 23.4 Å². The molecule has 124 valence electrons. The molecule has 0 spiro atoms. The fourth-order valence-electron chi connectivity index (χ4n) is 2.14. The first-order chi connectivity index (χ1) is 11.1. The SMILES string of the molecule is CCCn1c(S[C@@H](C)C(=O)NCC)nnc1-c1ccc(Cl)cc1. The van der Waals surface area contributed by atoms with Gasteiger partial charge in [-0.2, -0.15) is 0 Å². The standard InChI is InChI=1S/C16H21ClN4OS/c1-4-10-21-14(12-6-8-13(17)9-7-12)19-20-16(21)23-11(3)15(22)18-5-2/h6-9,11H,4-5,10H2,1-3H3,(H,18,22)/t11-/m0/s1. The van der Waals surface area contributed by atoms with E-state index in [1.54, 1.807) is 0 Å². The van der Waals surface area contributed by atoms with E-state index in [0.29, 0.717) is 11.6 Å². The van der Waals surface area contributed by atoms with Gasteiger partial charge in [-0.05, 0) is 44.5 Å². The molecule has 2 aromatic rings. The first-order valence-electron chi connectivity index (χ1n) is 7.70. The predicted octanol–water partition coefficient (Wildman–Crippen LogP) is 3.63. The summed E-state index contributed by atoms with van der Waals surface area (Å²) in [6.45, 7) is 7.32. The van der Waals surface area contributed by atoms with Crippen molar-refractivity contribution in [1.29, 1.82) is 0 Å². The van der Waals surface area contributed by atoms with Crippen LogP contribution in [0.2, 0.25) is 5.02 Å². The molecule has 0 unspecified atom stereocenters. The van der Waals surface area contributed by atoms with Crippen molar-refractivity contribution in [2.45, 2.75) is 44.1 Å². The number of hydrogen-bond acceptors (Lipinski definition) is 4. The molecule has 2 rings (SSSR count). The van der Waals surface area contributed by atoms with Crippen LogP contribution in [-0.4, -0.2) is 32.5 Å². The number of halogens is 1. The lowest BCUT2D eigenvalue weighted by atomic mass is 10.2. The van der Waals surface area contributed by atoms with Gasteiger partial charge in [0.2, 0.25) is 5.91 Å². The second kappa shape index (κ2) is 8.36. The highest BCUT2D eigenvalue weighted by Gasteiger charge is 2.20. The zero-order valence-electron chi connectivity index (χ0n) is 13.5. The fraction of sp³-hybridized carbons (Fsp3) is 0.438. The summed E-state index contributed by atoms with van der Waals surface area (Å²) >= 11 is 7.38. The van der Waals surface area contributed by atoms with Gasteiger partial charge in [0.1, 0.15) is 0 Å². The Hall–Kier alpha value is -1.53. The zero-order valence-corrected chi connectivity index (χ0v) is 15.1. The summed E-state index contributed by atoms with van der Waals surface area (Å²) in [6, 6.07) is 7.54. The van der Waals surface area contributed by atoms with Crippen molar-refractivity contribution in [3.8, 4) is 11.4 Å². The third-order valence-electron chi connectivity index (χ3n) is 3.27. The maximum Gasteiger partial charge on any atom is 0.233 e. The molecule has 1 aromatic carbocycles. The van der Waals surface area contributed by atoms with Crippen LogP contribution in [0, 0.1) is 0 Å². The molecule has 0 saturated carbocycles. The van der Waals surface area contributed by atoms with Crippen LogP contribution in [0.25, 0.3) is 11.4 Å². The smallest absolute Gasteiger partial charge is 0.233 e. The zero-order chi connectivity index (χ0) is 16.8. The highest BCUT2D eigenvalue weighted by Crippen LogP contribution is 2.27. The maximum absolute atomic E-state index is 11.9. The van der Waals surface area contributed by atoms with Crippen LogP contribution < -0.4 is 5.32 Å². The first kappa shape index (κ1) is 17.8. The number of nitrogens with zero attached hydrogens (tertiary/aromatic N) is 3. The molecule has 7 heteroatoms. The van der Waals surface area contributed by atoms with Crippen molar-refractivity contribution >= 4 is 29.3 Å².